The van der Waals surface area contributed by atoms with Crippen molar-refractivity contribution in [3.05, 3.63) is 0 Å². The smallest absolute Gasteiger partial charge is 0.223 e. The fourth-order valence-electron chi connectivity index (χ4n) is 0.390. The van der Waals surface area contributed by atoms with Gasteiger partial charge in [0.15, 0.2) is 0 Å². The average molecular weight is 224 g/mol. The largest absolute Gasteiger partial charge is 0.403 e. The lowest BCUT2D eigenvalue weighted by atomic mass is 10.8. The van der Waals surface area contributed by atoms with Crippen LogP contribution < -0.4 is 5.43 Å². The van der Waals surface area contributed by atoms with Crippen LogP contribution in [-0.4, -0.2) is 27.2 Å². The van der Waals surface area contributed by atoms with Crippen molar-refractivity contribution in [2.45, 2.75) is 6.92 Å². The first-order chi connectivity index (χ1) is 5.19. The van der Waals surface area contributed by atoms with Crippen LogP contribution in [0.1, 0.15) is 6.92 Å². The van der Waals surface area contributed by atoms with Crippen molar-refractivity contribution >= 4 is 20.8 Å². The third-order valence-electron chi connectivity index (χ3n) is 0.683. The Morgan fingerprint density at radius 1 is 1.17 bits per heavy atom. The lowest BCUT2D eigenvalue weighted by molar-refractivity contribution is 0.389. The lowest BCUT2D eigenvalue weighted by Gasteiger charge is -2.10. The summed E-state index contributed by atoms with van der Waals surface area (Å²) >= 11 is 0. The monoisotopic (exact) mass is 224 g/mol. The highest BCUT2D eigenvalue weighted by molar-refractivity contribution is 7.99. The molecule has 10 heteroatoms. The van der Waals surface area contributed by atoms with Crippen LogP contribution in [0.15, 0.2) is 0 Å². The molecule has 0 amide bonds. The lowest BCUT2D eigenvalue weighted by Crippen LogP contribution is -2.43. The molecule has 1 N–H and O–H groups in total. The van der Waals surface area contributed by atoms with Gasteiger partial charge in [-0.2, -0.15) is 16.8 Å². The maximum absolute atomic E-state index is 12.0. The van der Waals surface area contributed by atoms with E-state index in [0.717, 1.165) is 0 Å². The number of hydrogen-bond acceptors (Lipinski definition) is 5. The second-order valence-electron chi connectivity index (χ2n) is 1.59. The van der Waals surface area contributed by atoms with Crippen molar-refractivity contribution in [2.75, 3.05) is 6.54 Å². The van der Waals surface area contributed by atoms with Crippen LogP contribution in [0.4, 0.5) is 7.77 Å². The maximum Gasteiger partial charge on any atom is 0.403 e. The summed E-state index contributed by atoms with van der Waals surface area (Å²) in [5.74, 6) is 0. The Kier molecular flexibility index (Phi) is 3.50. The van der Waals surface area contributed by atoms with Crippen LogP contribution in [0.3, 0.4) is 0 Å². The molecule has 0 aromatic carbocycles. The molecule has 0 aliphatic heterocycles. The third kappa shape index (κ3) is 3.38. The average Bonchev–Trinajstić information content (AvgIpc) is 1.77. The standard InChI is InChI=1S/C2H6F2N2O4S2/c1-2-5-6(11(3,7)8)12(4,9)10/h5H,2H2,1H3. The molecule has 0 unspecified atom stereocenters. The molecule has 0 rings (SSSR count). The molecule has 12 heavy (non-hydrogen) atoms. The van der Waals surface area contributed by atoms with E-state index in [4.69, 9.17) is 0 Å². The van der Waals surface area contributed by atoms with Crippen molar-refractivity contribution in [1.29, 1.82) is 0 Å². The van der Waals surface area contributed by atoms with Crippen molar-refractivity contribution in [1.82, 2.24) is 9.25 Å². The van der Waals surface area contributed by atoms with Crippen LogP contribution in [0, 0.1) is 0 Å². The van der Waals surface area contributed by atoms with Gasteiger partial charge in [0.1, 0.15) is 0 Å². The van der Waals surface area contributed by atoms with Gasteiger partial charge in [0.25, 0.3) is 0 Å². The van der Waals surface area contributed by atoms with E-state index in [9.17, 15) is 24.6 Å². The molecule has 6 nitrogen and oxygen atoms in total. The van der Waals surface area contributed by atoms with Crippen LogP contribution in [-0.2, 0) is 20.8 Å². The van der Waals surface area contributed by atoms with Crippen LogP contribution in [0.2, 0.25) is 0 Å². The molecule has 0 fully saturated rings. The molecule has 0 aromatic heterocycles. The van der Waals surface area contributed by atoms with E-state index in [1.807, 2.05) is 0 Å². The van der Waals surface area contributed by atoms with E-state index >= 15 is 0 Å². The number of nitrogens with one attached hydrogen (secondary N) is 1. The topological polar surface area (TPSA) is 83.6 Å². The molecule has 0 radical (unpaired) electrons. The van der Waals surface area contributed by atoms with Gasteiger partial charge in [0.2, 0.25) is 0 Å². The summed E-state index contributed by atoms with van der Waals surface area (Å²) in [6.07, 6.45) is 0. The molecular weight excluding hydrogens is 218 g/mol. The fraction of sp³-hybridized carbons (Fsp3) is 1.00. The molecular formula is C2H6F2N2O4S2. The molecule has 0 bridgehead atoms. The van der Waals surface area contributed by atoms with Gasteiger partial charge in [-0.1, -0.05) is 14.7 Å². The van der Waals surface area contributed by atoms with Gasteiger partial charge >= 0.3 is 20.8 Å². The van der Waals surface area contributed by atoms with Crippen LogP contribution in [0.5, 0.6) is 0 Å². The van der Waals surface area contributed by atoms with E-state index in [0.29, 0.717) is 0 Å². The number of hydrazine groups is 1. The second-order valence-corrected chi connectivity index (χ2v) is 4.20. The summed E-state index contributed by atoms with van der Waals surface area (Å²) in [5, 5.41) is 0. The summed E-state index contributed by atoms with van der Waals surface area (Å²) < 4.78 is 62.6. The van der Waals surface area contributed by atoms with Gasteiger partial charge in [0, 0.05) is 10.4 Å². The Morgan fingerprint density at radius 2 is 1.50 bits per heavy atom. The molecule has 0 heterocycles. The number of halogens is 2. The molecule has 0 saturated carbocycles. The van der Waals surface area contributed by atoms with Gasteiger partial charge < -0.3 is 0 Å². The van der Waals surface area contributed by atoms with Gasteiger partial charge in [-0.05, 0) is 0 Å². The second kappa shape index (κ2) is 3.60. The Hall–Kier alpha value is -0.320. The highest BCUT2D eigenvalue weighted by atomic mass is 32.3. The Bertz CT molecular complexity index is 302. The zero-order chi connectivity index (χ0) is 9.99. The third-order valence-corrected chi connectivity index (χ3v) is 2.80. The summed E-state index contributed by atoms with van der Waals surface area (Å²) in [5.41, 5.74) is 1.47. The minimum absolute atomic E-state index is 0.258. The maximum atomic E-state index is 12.0. The number of hydrogen-bond donors (Lipinski definition) is 1. The van der Waals surface area contributed by atoms with E-state index in [1.54, 1.807) is 0 Å². The zero-order valence-corrected chi connectivity index (χ0v) is 7.49. The summed E-state index contributed by atoms with van der Waals surface area (Å²) in [6, 6.07) is 0. The van der Waals surface area contributed by atoms with E-state index in [2.05, 4.69) is 0 Å². The first-order valence-electron chi connectivity index (χ1n) is 2.62. The fourth-order valence-corrected chi connectivity index (χ4v) is 1.81. The summed E-state index contributed by atoms with van der Waals surface area (Å²) in [6.45, 7) is 1.01. The molecule has 0 aromatic rings. The van der Waals surface area contributed by atoms with Crippen molar-refractivity contribution < 1.29 is 24.6 Å². The van der Waals surface area contributed by atoms with Gasteiger partial charge in [0.05, 0.1) is 0 Å². The SMILES string of the molecule is CCNN(S(=O)(=O)F)S(=O)(=O)F. The van der Waals surface area contributed by atoms with E-state index < -0.39 is 24.6 Å². The molecule has 74 valence electrons. The van der Waals surface area contributed by atoms with Crippen LogP contribution in [0.25, 0.3) is 0 Å². The Balaban J connectivity index is 4.97. The highest BCUT2D eigenvalue weighted by Crippen LogP contribution is 2.07. The molecule has 0 saturated heterocycles. The quantitative estimate of drug-likeness (QED) is 0.501. The minimum Gasteiger partial charge on any atom is -0.223 e. The molecule has 0 spiro atoms. The van der Waals surface area contributed by atoms with Crippen LogP contribution >= 0.6 is 0 Å². The van der Waals surface area contributed by atoms with Crippen molar-refractivity contribution in [3.63, 3.8) is 0 Å². The highest BCUT2D eigenvalue weighted by Gasteiger charge is 2.33. The Labute approximate surface area is 68.8 Å². The minimum atomic E-state index is -5.63. The van der Waals surface area contributed by atoms with Gasteiger partial charge in [-0.3, -0.25) is 0 Å². The normalized spacial score (nSPS) is 13.7. The van der Waals surface area contributed by atoms with Gasteiger partial charge in [-0.25, -0.2) is 5.43 Å². The molecule has 0 aliphatic rings. The summed E-state index contributed by atoms with van der Waals surface area (Å²) in [7, 11) is -11.3. The molecule has 0 atom stereocenters. The van der Waals surface area contributed by atoms with E-state index in [1.165, 1.54) is 12.3 Å². The number of rotatable bonds is 4. The van der Waals surface area contributed by atoms with Crippen molar-refractivity contribution in [2.24, 2.45) is 0 Å². The predicted octanol–water partition coefficient (Wildman–Crippen LogP) is -0.758. The molecule has 0 aliphatic carbocycles. The summed E-state index contributed by atoms with van der Waals surface area (Å²) in [4.78, 5) is 0. The number of nitrogens with zero attached hydrogens (tertiary/aromatic N) is 1. The van der Waals surface area contributed by atoms with Gasteiger partial charge in [-0.15, -0.1) is 0 Å². The first-order valence-corrected chi connectivity index (χ1v) is 5.31. The van der Waals surface area contributed by atoms with Crippen molar-refractivity contribution in [3.8, 4) is 0 Å². The van der Waals surface area contributed by atoms with E-state index in [-0.39, 0.29) is 6.54 Å². The zero-order valence-electron chi connectivity index (χ0n) is 5.86. The predicted molar refractivity (Wildman–Crippen MR) is 35.6 cm³/mol. The first kappa shape index (κ1) is 11.7. The Morgan fingerprint density at radius 3 is 1.58 bits per heavy atom.